The molecule has 0 saturated carbocycles. The van der Waals surface area contributed by atoms with Crippen molar-refractivity contribution in [2.24, 2.45) is 0 Å². The molecule has 5 heteroatoms. The monoisotopic (exact) mass is 232 g/mol. The summed E-state index contributed by atoms with van der Waals surface area (Å²) in [7, 11) is 0. The smallest absolute Gasteiger partial charge is 0.392 e. The van der Waals surface area contributed by atoms with Crippen molar-refractivity contribution in [3.63, 3.8) is 0 Å². The highest BCUT2D eigenvalue weighted by molar-refractivity contribution is 5.66. The molecule has 88 valence electrons. The van der Waals surface area contributed by atoms with Crippen LogP contribution in [0.2, 0.25) is 0 Å². The second-order valence-electron chi connectivity index (χ2n) is 3.33. The zero-order valence-electron chi connectivity index (χ0n) is 8.62. The summed E-state index contributed by atoms with van der Waals surface area (Å²) < 4.78 is 41.4. The van der Waals surface area contributed by atoms with Crippen molar-refractivity contribution in [1.82, 2.24) is 0 Å². The van der Waals surface area contributed by atoms with Crippen LogP contribution >= 0.6 is 0 Å². The van der Waals surface area contributed by atoms with E-state index in [1.165, 1.54) is 12.1 Å². The van der Waals surface area contributed by atoms with Gasteiger partial charge < -0.3 is 4.74 Å². The maximum absolute atomic E-state index is 12.3. The molecule has 0 unspecified atom stereocenters. The Morgan fingerprint density at radius 3 is 2.31 bits per heavy atom. The zero-order valence-corrected chi connectivity index (χ0v) is 8.62. The maximum atomic E-state index is 12.3. The normalized spacial score (nSPS) is 13.2. The highest BCUT2D eigenvalue weighted by Crippen LogP contribution is 2.31. The molecule has 0 saturated heterocycles. The van der Waals surface area contributed by atoms with E-state index in [1.54, 1.807) is 18.2 Å². The lowest BCUT2D eigenvalue weighted by atomic mass is 10.1. The molecule has 16 heavy (non-hydrogen) atoms. The molecule has 0 spiro atoms. The molecule has 0 amide bonds. The summed E-state index contributed by atoms with van der Waals surface area (Å²) in [5, 5.41) is 0. The number of hydrogen-bond acceptors (Lipinski definition) is 2. The van der Waals surface area contributed by atoms with E-state index in [0.717, 1.165) is 6.92 Å². The number of ether oxygens (including phenoxy) is 1. The van der Waals surface area contributed by atoms with Gasteiger partial charge in [-0.2, -0.15) is 13.2 Å². The van der Waals surface area contributed by atoms with Crippen LogP contribution in [-0.2, 0) is 9.53 Å². The van der Waals surface area contributed by atoms with Crippen molar-refractivity contribution >= 4 is 5.97 Å². The Labute approximate surface area is 91.0 Å². The van der Waals surface area contributed by atoms with Gasteiger partial charge in [-0.1, -0.05) is 30.3 Å². The highest BCUT2D eigenvalue weighted by Gasteiger charge is 2.34. The van der Waals surface area contributed by atoms with E-state index >= 15 is 0 Å². The topological polar surface area (TPSA) is 26.3 Å². The third-order valence-electron chi connectivity index (χ3n) is 1.90. The minimum Gasteiger partial charge on any atom is -0.457 e. The third-order valence-corrected chi connectivity index (χ3v) is 1.90. The van der Waals surface area contributed by atoms with Gasteiger partial charge in [0.2, 0.25) is 0 Å². The first-order valence-corrected chi connectivity index (χ1v) is 4.67. The van der Waals surface area contributed by atoms with Crippen molar-refractivity contribution in [2.45, 2.75) is 25.6 Å². The molecule has 0 N–H and O–H groups in total. The van der Waals surface area contributed by atoms with Crippen LogP contribution in [-0.4, -0.2) is 12.1 Å². The van der Waals surface area contributed by atoms with Gasteiger partial charge >= 0.3 is 12.1 Å². The molecular formula is C11H11F3O2. The SMILES string of the molecule is CC(=O)O[C@@H](CC(F)(F)F)c1ccccc1. The largest absolute Gasteiger partial charge is 0.457 e. The Morgan fingerprint density at radius 2 is 1.88 bits per heavy atom. The molecule has 0 aromatic heterocycles. The van der Waals surface area contributed by atoms with Gasteiger partial charge in [-0.05, 0) is 5.56 Å². The first-order valence-electron chi connectivity index (χ1n) is 4.67. The summed E-state index contributed by atoms with van der Waals surface area (Å²) in [5.74, 6) is -0.724. The average Bonchev–Trinajstić information content (AvgIpc) is 2.15. The summed E-state index contributed by atoms with van der Waals surface area (Å²) in [6, 6.07) is 7.88. The van der Waals surface area contributed by atoms with E-state index in [4.69, 9.17) is 0 Å². The van der Waals surface area contributed by atoms with Gasteiger partial charge in [-0.25, -0.2) is 0 Å². The van der Waals surface area contributed by atoms with Crippen molar-refractivity contribution < 1.29 is 22.7 Å². The van der Waals surface area contributed by atoms with Crippen LogP contribution in [0, 0.1) is 0 Å². The van der Waals surface area contributed by atoms with E-state index in [-0.39, 0.29) is 0 Å². The molecular weight excluding hydrogens is 221 g/mol. The van der Waals surface area contributed by atoms with Crippen molar-refractivity contribution in [2.75, 3.05) is 0 Å². The Balaban J connectivity index is 2.84. The molecule has 1 aromatic rings. The lowest BCUT2D eigenvalue weighted by Crippen LogP contribution is -2.18. The zero-order chi connectivity index (χ0) is 12.2. The van der Waals surface area contributed by atoms with Crippen LogP contribution in [0.3, 0.4) is 0 Å². The van der Waals surface area contributed by atoms with Gasteiger partial charge in [0, 0.05) is 6.92 Å². The predicted molar refractivity (Wildman–Crippen MR) is 51.6 cm³/mol. The fourth-order valence-corrected chi connectivity index (χ4v) is 1.31. The molecule has 1 atom stereocenters. The molecule has 0 heterocycles. The number of alkyl halides is 3. The first kappa shape index (κ1) is 12.5. The molecule has 1 aromatic carbocycles. The minimum absolute atomic E-state index is 0.343. The maximum Gasteiger partial charge on any atom is 0.392 e. The standard InChI is InChI=1S/C11H11F3O2/c1-8(15)16-10(7-11(12,13)14)9-5-3-2-4-6-9/h2-6,10H,7H2,1H3/t10-/m0/s1. The third kappa shape index (κ3) is 4.33. The summed E-state index contributed by atoms with van der Waals surface area (Å²) >= 11 is 0. The molecule has 0 aliphatic rings. The molecule has 0 aliphatic carbocycles. The quantitative estimate of drug-likeness (QED) is 0.748. The van der Waals surface area contributed by atoms with E-state index < -0.39 is 24.7 Å². The van der Waals surface area contributed by atoms with Gasteiger partial charge in [-0.3, -0.25) is 4.79 Å². The number of benzene rings is 1. The Bertz CT molecular complexity index is 346. The van der Waals surface area contributed by atoms with E-state index in [9.17, 15) is 18.0 Å². The van der Waals surface area contributed by atoms with Crippen LogP contribution in [0.25, 0.3) is 0 Å². The summed E-state index contributed by atoms with van der Waals surface area (Å²) in [6.07, 6.45) is -6.80. The number of carbonyl (C=O) groups is 1. The fourth-order valence-electron chi connectivity index (χ4n) is 1.31. The summed E-state index contributed by atoms with van der Waals surface area (Å²) in [5.41, 5.74) is 0.343. The second-order valence-corrected chi connectivity index (χ2v) is 3.33. The Morgan fingerprint density at radius 1 is 1.31 bits per heavy atom. The van der Waals surface area contributed by atoms with Crippen LogP contribution in [0.5, 0.6) is 0 Å². The van der Waals surface area contributed by atoms with Crippen LogP contribution < -0.4 is 0 Å². The number of halogens is 3. The second kappa shape index (κ2) is 5.01. The fraction of sp³-hybridized carbons (Fsp3) is 0.364. The van der Waals surface area contributed by atoms with Gasteiger partial charge in [0.1, 0.15) is 6.10 Å². The molecule has 0 radical (unpaired) electrons. The van der Waals surface area contributed by atoms with Crippen molar-refractivity contribution in [3.05, 3.63) is 35.9 Å². The van der Waals surface area contributed by atoms with Gasteiger partial charge in [-0.15, -0.1) is 0 Å². The summed E-state index contributed by atoms with van der Waals surface area (Å²) in [6.45, 7) is 1.09. The van der Waals surface area contributed by atoms with Crippen LogP contribution in [0.1, 0.15) is 25.0 Å². The lowest BCUT2D eigenvalue weighted by molar-refractivity contribution is -0.172. The van der Waals surface area contributed by atoms with Crippen molar-refractivity contribution in [1.29, 1.82) is 0 Å². The lowest BCUT2D eigenvalue weighted by Gasteiger charge is -2.18. The Kier molecular flexibility index (Phi) is 3.93. The average molecular weight is 232 g/mol. The first-order chi connectivity index (χ1) is 7.38. The van der Waals surface area contributed by atoms with Crippen LogP contribution in [0.15, 0.2) is 30.3 Å². The van der Waals surface area contributed by atoms with E-state index in [0.29, 0.717) is 5.56 Å². The number of hydrogen-bond donors (Lipinski definition) is 0. The molecule has 2 nitrogen and oxygen atoms in total. The van der Waals surface area contributed by atoms with Crippen LogP contribution in [0.4, 0.5) is 13.2 Å². The molecule has 0 fully saturated rings. The number of esters is 1. The summed E-state index contributed by atoms with van der Waals surface area (Å²) in [4.78, 5) is 10.7. The molecule has 0 bridgehead atoms. The molecule has 0 aliphatic heterocycles. The minimum atomic E-state index is -4.37. The van der Waals surface area contributed by atoms with E-state index in [2.05, 4.69) is 4.74 Å². The highest BCUT2D eigenvalue weighted by atomic mass is 19.4. The van der Waals surface area contributed by atoms with E-state index in [1.807, 2.05) is 0 Å². The van der Waals surface area contributed by atoms with Gasteiger partial charge in [0.25, 0.3) is 0 Å². The number of rotatable bonds is 3. The predicted octanol–water partition coefficient (Wildman–Crippen LogP) is 3.24. The number of carbonyl (C=O) groups excluding carboxylic acids is 1. The van der Waals surface area contributed by atoms with Gasteiger partial charge in [0.15, 0.2) is 0 Å². The Hall–Kier alpha value is -1.52. The van der Waals surface area contributed by atoms with Gasteiger partial charge in [0.05, 0.1) is 6.42 Å². The molecule has 1 rings (SSSR count). The van der Waals surface area contributed by atoms with Crippen molar-refractivity contribution in [3.8, 4) is 0 Å².